The van der Waals surface area contributed by atoms with Crippen molar-refractivity contribution in [1.82, 2.24) is 0 Å². The number of carbonyl (C=O) groups is 2. The number of hydrogen-bond donors (Lipinski definition) is 2. The van der Waals surface area contributed by atoms with E-state index < -0.39 is 11.9 Å². The van der Waals surface area contributed by atoms with E-state index in [1.165, 1.54) is 11.8 Å². The number of carbonyl (C=O) groups excluding carboxylic acids is 1. The summed E-state index contributed by atoms with van der Waals surface area (Å²) in [5, 5.41) is 20.3. The van der Waals surface area contributed by atoms with E-state index in [0.717, 1.165) is 0 Å². The van der Waals surface area contributed by atoms with Gasteiger partial charge in [-0.05, 0) is 13.8 Å². The van der Waals surface area contributed by atoms with Crippen LogP contribution in [0.3, 0.4) is 0 Å². The lowest BCUT2D eigenvalue weighted by Gasteiger charge is -2.05. The first-order chi connectivity index (χ1) is 9.36. The summed E-state index contributed by atoms with van der Waals surface area (Å²) >= 11 is 1.22. The quantitative estimate of drug-likeness (QED) is 0.833. The fourth-order valence-electron chi connectivity index (χ4n) is 1.41. The summed E-state index contributed by atoms with van der Waals surface area (Å²) in [5.41, 5.74) is 1.02. The van der Waals surface area contributed by atoms with Crippen LogP contribution < -0.4 is 5.32 Å². The largest absolute Gasteiger partial charge is 0.481 e. The molecule has 1 aromatic heterocycles. The Bertz CT molecular complexity index is 559. The first kappa shape index (κ1) is 16.1. The highest BCUT2D eigenvalue weighted by molar-refractivity contribution is 8.00. The van der Waals surface area contributed by atoms with Gasteiger partial charge in [0.25, 0.3) is 0 Å². The molecule has 1 unspecified atom stereocenters. The number of nitrogens with zero attached hydrogens (tertiary/aromatic N) is 1. The molecule has 0 aromatic carbocycles. The van der Waals surface area contributed by atoms with E-state index in [9.17, 15) is 9.59 Å². The summed E-state index contributed by atoms with van der Waals surface area (Å²) in [6.45, 7) is 5.05. The average Bonchev–Trinajstić information content (AvgIpc) is 2.64. The van der Waals surface area contributed by atoms with E-state index in [1.807, 2.05) is 6.07 Å². The summed E-state index contributed by atoms with van der Waals surface area (Å²) in [6.07, 6.45) is 0. The van der Waals surface area contributed by atoms with E-state index >= 15 is 0 Å². The molecule has 20 heavy (non-hydrogen) atoms. The Morgan fingerprint density at radius 1 is 1.50 bits per heavy atom. The maximum absolute atomic E-state index is 11.7. The maximum atomic E-state index is 11.7. The van der Waals surface area contributed by atoms with E-state index in [2.05, 4.69) is 5.32 Å². The van der Waals surface area contributed by atoms with Gasteiger partial charge in [0.05, 0.1) is 11.7 Å². The minimum absolute atomic E-state index is 0.112. The van der Waals surface area contributed by atoms with E-state index in [4.69, 9.17) is 14.8 Å². The van der Waals surface area contributed by atoms with Gasteiger partial charge in [-0.15, -0.1) is 0 Å². The van der Waals surface area contributed by atoms with Gasteiger partial charge in [-0.25, -0.2) is 0 Å². The van der Waals surface area contributed by atoms with Crippen molar-refractivity contribution in [3.63, 3.8) is 0 Å². The summed E-state index contributed by atoms with van der Waals surface area (Å²) in [6, 6.07) is 1.99. The Morgan fingerprint density at radius 3 is 2.70 bits per heavy atom. The second kappa shape index (κ2) is 7.01. The Balaban J connectivity index is 2.54. The number of thioether (sulfide) groups is 1. The lowest BCUT2D eigenvalue weighted by atomic mass is 10.2. The van der Waals surface area contributed by atoms with Crippen molar-refractivity contribution >= 4 is 29.5 Å². The van der Waals surface area contributed by atoms with Crippen molar-refractivity contribution in [1.29, 1.82) is 5.26 Å². The van der Waals surface area contributed by atoms with Gasteiger partial charge in [0.15, 0.2) is 0 Å². The fraction of sp³-hybridized carbons (Fsp3) is 0.462. The Hall–Kier alpha value is -1.94. The van der Waals surface area contributed by atoms with Crippen molar-refractivity contribution in [2.45, 2.75) is 20.8 Å². The summed E-state index contributed by atoms with van der Waals surface area (Å²) < 4.78 is 5.31. The number of nitriles is 1. The minimum atomic E-state index is -0.887. The molecule has 1 amide bonds. The third kappa shape index (κ3) is 4.03. The van der Waals surface area contributed by atoms with Crippen LogP contribution in [0.1, 0.15) is 23.8 Å². The van der Waals surface area contributed by atoms with E-state index in [0.29, 0.717) is 22.6 Å². The van der Waals surface area contributed by atoms with Crippen LogP contribution in [0.5, 0.6) is 0 Å². The SMILES string of the molecule is Cc1oc(NC(=O)CSCC(C)C(=O)O)c(C#N)c1C. The van der Waals surface area contributed by atoms with Crippen molar-refractivity contribution < 1.29 is 19.1 Å². The molecule has 0 spiro atoms. The molecular formula is C13H16N2O4S. The lowest BCUT2D eigenvalue weighted by Crippen LogP contribution is -2.17. The van der Waals surface area contributed by atoms with E-state index in [1.54, 1.807) is 20.8 Å². The Labute approximate surface area is 121 Å². The van der Waals surface area contributed by atoms with Gasteiger partial charge in [0.1, 0.15) is 17.4 Å². The van der Waals surface area contributed by atoms with Gasteiger partial charge >= 0.3 is 5.97 Å². The third-order valence-electron chi connectivity index (χ3n) is 2.77. The zero-order valence-electron chi connectivity index (χ0n) is 11.5. The van der Waals surface area contributed by atoms with Crippen LogP contribution in [-0.4, -0.2) is 28.5 Å². The van der Waals surface area contributed by atoms with Gasteiger partial charge in [0.2, 0.25) is 11.8 Å². The molecule has 0 aliphatic carbocycles. The number of rotatable bonds is 6. The first-order valence-electron chi connectivity index (χ1n) is 5.97. The van der Waals surface area contributed by atoms with E-state index in [-0.39, 0.29) is 17.5 Å². The predicted molar refractivity (Wildman–Crippen MR) is 75.7 cm³/mol. The topological polar surface area (TPSA) is 103 Å². The predicted octanol–water partition coefficient (Wildman–Crippen LogP) is 2.16. The van der Waals surface area contributed by atoms with Gasteiger partial charge < -0.3 is 9.52 Å². The monoisotopic (exact) mass is 296 g/mol. The highest BCUT2D eigenvalue weighted by Crippen LogP contribution is 2.25. The average molecular weight is 296 g/mol. The van der Waals surface area contributed by atoms with Crippen molar-refractivity contribution in [2.75, 3.05) is 16.8 Å². The number of anilines is 1. The van der Waals surface area contributed by atoms with Crippen LogP contribution in [0.25, 0.3) is 0 Å². The smallest absolute Gasteiger partial charge is 0.307 e. The van der Waals surface area contributed by atoms with Crippen molar-refractivity contribution in [2.24, 2.45) is 5.92 Å². The second-order valence-corrected chi connectivity index (χ2v) is 5.43. The van der Waals surface area contributed by atoms with Crippen LogP contribution in [0.2, 0.25) is 0 Å². The van der Waals surface area contributed by atoms with Crippen molar-refractivity contribution in [3.8, 4) is 6.07 Å². The van der Waals surface area contributed by atoms with Crippen LogP contribution in [-0.2, 0) is 9.59 Å². The summed E-state index contributed by atoms with van der Waals surface area (Å²) in [4.78, 5) is 22.3. The molecule has 1 rings (SSSR count). The lowest BCUT2D eigenvalue weighted by molar-refractivity contribution is -0.140. The zero-order valence-corrected chi connectivity index (χ0v) is 12.3. The number of aliphatic carboxylic acids is 1. The van der Waals surface area contributed by atoms with Gasteiger partial charge in [-0.3, -0.25) is 14.9 Å². The molecule has 0 radical (unpaired) electrons. The number of carboxylic acid groups (broad SMARTS) is 1. The van der Waals surface area contributed by atoms with Crippen LogP contribution in [0, 0.1) is 31.1 Å². The highest BCUT2D eigenvalue weighted by Gasteiger charge is 2.17. The van der Waals surface area contributed by atoms with Crippen LogP contribution in [0.4, 0.5) is 5.88 Å². The molecule has 1 heterocycles. The summed E-state index contributed by atoms with van der Waals surface area (Å²) in [7, 11) is 0. The minimum Gasteiger partial charge on any atom is -0.481 e. The van der Waals surface area contributed by atoms with Crippen LogP contribution in [0.15, 0.2) is 4.42 Å². The molecular weight excluding hydrogens is 280 g/mol. The molecule has 0 saturated carbocycles. The normalized spacial score (nSPS) is 11.7. The maximum Gasteiger partial charge on any atom is 0.307 e. The molecule has 2 N–H and O–H groups in total. The molecule has 1 atom stereocenters. The second-order valence-electron chi connectivity index (χ2n) is 4.40. The molecule has 1 aromatic rings. The standard InChI is InChI=1S/C13H16N2O4S/c1-7(13(17)18)5-20-6-11(16)15-12-10(4-14)8(2)9(3)19-12/h7H,5-6H2,1-3H3,(H,15,16)(H,17,18). The molecule has 108 valence electrons. The molecule has 0 bridgehead atoms. The molecule has 0 saturated heterocycles. The van der Waals surface area contributed by atoms with Gasteiger partial charge in [0, 0.05) is 11.3 Å². The molecule has 0 aliphatic heterocycles. The number of aryl methyl sites for hydroxylation is 1. The molecule has 7 heteroatoms. The highest BCUT2D eigenvalue weighted by atomic mass is 32.2. The number of nitrogens with one attached hydrogen (secondary N) is 1. The van der Waals surface area contributed by atoms with Crippen LogP contribution >= 0.6 is 11.8 Å². The number of amides is 1. The number of carboxylic acids is 1. The first-order valence-corrected chi connectivity index (χ1v) is 7.12. The Morgan fingerprint density at radius 2 is 2.15 bits per heavy atom. The summed E-state index contributed by atoms with van der Waals surface area (Å²) in [5.74, 6) is -0.510. The number of furan rings is 1. The fourth-order valence-corrected chi connectivity index (χ4v) is 2.28. The van der Waals surface area contributed by atoms with Crippen molar-refractivity contribution in [3.05, 3.63) is 16.9 Å². The molecule has 0 aliphatic rings. The Kier molecular flexibility index (Phi) is 5.65. The molecule has 0 fully saturated rings. The number of hydrogen-bond acceptors (Lipinski definition) is 5. The van der Waals surface area contributed by atoms with Gasteiger partial charge in [-0.2, -0.15) is 17.0 Å². The zero-order chi connectivity index (χ0) is 15.3. The third-order valence-corrected chi connectivity index (χ3v) is 3.97. The molecule has 6 nitrogen and oxygen atoms in total. The van der Waals surface area contributed by atoms with Gasteiger partial charge in [-0.1, -0.05) is 6.92 Å².